The van der Waals surface area contributed by atoms with E-state index in [1.54, 1.807) is 24.0 Å². The van der Waals surface area contributed by atoms with Crippen LogP contribution in [-0.2, 0) is 9.53 Å². The molecular weight excluding hydrogens is 313 g/mol. The third-order valence-corrected chi connectivity index (χ3v) is 3.95. The SMILES string of the molecule is CCOC(=O)N1CCC(NCCC(=O)Nc2ccccc2F)CC1. The van der Waals surface area contributed by atoms with Gasteiger partial charge in [0.2, 0.25) is 5.91 Å². The molecule has 2 N–H and O–H groups in total. The Kier molecular flexibility index (Phi) is 6.99. The van der Waals surface area contributed by atoms with E-state index in [0.717, 1.165) is 12.8 Å². The van der Waals surface area contributed by atoms with Crippen molar-refractivity contribution in [1.29, 1.82) is 0 Å². The Hall–Kier alpha value is -2.15. The predicted molar refractivity (Wildman–Crippen MR) is 89.3 cm³/mol. The number of nitrogens with one attached hydrogen (secondary N) is 2. The Labute approximate surface area is 141 Å². The number of benzene rings is 1. The van der Waals surface area contributed by atoms with E-state index < -0.39 is 5.82 Å². The molecule has 0 spiro atoms. The average molecular weight is 337 g/mol. The second kappa shape index (κ2) is 9.22. The minimum atomic E-state index is -0.440. The molecule has 7 heteroatoms. The first-order chi connectivity index (χ1) is 11.6. The minimum absolute atomic E-state index is 0.199. The number of hydrogen-bond acceptors (Lipinski definition) is 4. The van der Waals surface area contributed by atoms with Crippen molar-refractivity contribution >= 4 is 17.7 Å². The maximum absolute atomic E-state index is 13.4. The summed E-state index contributed by atoms with van der Waals surface area (Å²) in [5, 5.41) is 5.87. The summed E-state index contributed by atoms with van der Waals surface area (Å²) >= 11 is 0. The highest BCUT2D eigenvalue weighted by Crippen LogP contribution is 2.13. The van der Waals surface area contributed by atoms with Crippen LogP contribution in [0.15, 0.2) is 24.3 Å². The van der Waals surface area contributed by atoms with Crippen LogP contribution in [0.5, 0.6) is 0 Å². The van der Waals surface area contributed by atoms with Crippen LogP contribution >= 0.6 is 0 Å². The zero-order chi connectivity index (χ0) is 17.4. The highest BCUT2D eigenvalue weighted by molar-refractivity contribution is 5.90. The lowest BCUT2D eigenvalue weighted by molar-refractivity contribution is -0.116. The Morgan fingerprint density at radius 3 is 2.67 bits per heavy atom. The maximum atomic E-state index is 13.4. The number of piperidine rings is 1. The fourth-order valence-electron chi connectivity index (χ4n) is 2.65. The number of anilines is 1. The van der Waals surface area contributed by atoms with Crippen LogP contribution in [0.3, 0.4) is 0 Å². The van der Waals surface area contributed by atoms with Gasteiger partial charge in [0.05, 0.1) is 12.3 Å². The minimum Gasteiger partial charge on any atom is -0.450 e. The molecule has 2 amide bonds. The van der Waals surface area contributed by atoms with Crippen LogP contribution in [-0.4, -0.2) is 49.2 Å². The van der Waals surface area contributed by atoms with Gasteiger partial charge in [-0.25, -0.2) is 9.18 Å². The van der Waals surface area contributed by atoms with E-state index in [0.29, 0.717) is 26.2 Å². The molecule has 1 fully saturated rings. The molecule has 1 aromatic rings. The van der Waals surface area contributed by atoms with E-state index in [9.17, 15) is 14.0 Å². The van der Waals surface area contributed by atoms with Crippen LogP contribution in [0.4, 0.5) is 14.9 Å². The highest BCUT2D eigenvalue weighted by atomic mass is 19.1. The second-order valence-corrected chi connectivity index (χ2v) is 5.69. The Bertz CT molecular complexity index is 560. The Balaban J connectivity index is 1.64. The molecule has 1 heterocycles. The monoisotopic (exact) mass is 337 g/mol. The summed E-state index contributed by atoms with van der Waals surface area (Å²) in [6, 6.07) is 6.37. The van der Waals surface area contributed by atoms with Crippen LogP contribution in [0.2, 0.25) is 0 Å². The van der Waals surface area contributed by atoms with Gasteiger partial charge < -0.3 is 20.3 Å². The number of rotatable bonds is 6. The summed E-state index contributed by atoms with van der Waals surface area (Å²) in [5.41, 5.74) is 0.199. The third kappa shape index (κ3) is 5.49. The molecule has 1 saturated heterocycles. The molecule has 0 unspecified atom stereocenters. The van der Waals surface area contributed by atoms with E-state index in [2.05, 4.69) is 10.6 Å². The molecule has 1 aromatic carbocycles. The standard InChI is InChI=1S/C17H24FN3O3/c1-2-24-17(23)21-11-8-13(9-12-21)19-10-7-16(22)20-15-6-4-3-5-14(15)18/h3-6,13,19H,2,7-12H2,1H3,(H,20,22). The summed E-state index contributed by atoms with van der Waals surface area (Å²) in [4.78, 5) is 25.1. The molecule has 1 aliphatic rings. The number of likely N-dealkylation sites (tertiary alicyclic amines) is 1. The number of hydrogen-bond donors (Lipinski definition) is 2. The molecule has 6 nitrogen and oxygen atoms in total. The lowest BCUT2D eigenvalue weighted by Gasteiger charge is -2.31. The molecule has 2 rings (SSSR count). The smallest absolute Gasteiger partial charge is 0.409 e. The van der Waals surface area contributed by atoms with Gasteiger partial charge in [0.15, 0.2) is 0 Å². The molecular formula is C17H24FN3O3. The first-order valence-corrected chi connectivity index (χ1v) is 8.29. The molecule has 0 radical (unpaired) electrons. The van der Waals surface area contributed by atoms with Crippen molar-refractivity contribution in [2.75, 3.05) is 31.6 Å². The van der Waals surface area contributed by atoms with E-state index >= 15 is 0 Å². The van der Waals surface area contributed by atoms with Crippen molar-refractivity contribution < 1.29 is 18.7 Å². The highest BCUT2D eigenvalue weighted by Gasteiger charge is 2.23. The van der Waals surface area contributed by atoms with Gasteiger partial charge in [-0.1, -0.05) is 12.1 Å². The Morgan fingerprint density at radius 2 is 2.00 bits per heavy atom. The summed E-state index contributed by atoms with van der Waals surface area (Å²) in [6.07, 6.45) is 1.66. The number of ether oxygens (including phenoxy) is 1. The lowest BCUT2D eigenvalue weighted by atomic mass is 10.1. The molecule has 0 atom stereocenters. The molecule has 1 aliphatic heterocycles. The predicted octanol–water partition coefficient (Wildman–Crippen LogP) is 2.36. The lowest BCUT2D eigenvalue weighted by Crippen LogP contribution is -2.45. The van der Waals surface area contributed by atoms with E-state index in [1.807, 2.05) is 0 Å². The van der Waals surface area contributed by atoms with Gasteiger partial charge in [-0.15, -0.1) is 0 Å². The van der Waals surface area contributed by atoms with Crippen molar-refractivity contribution in [2.45, 2.75) is 32.2 Å². The summed E-state index contributed by atoms with van der Waals surface area (Å²) in [6.45, 7) is 3.99. The molecule has 0 aromatic heterocycles. The van der Waals surface area contributed by atoms with Crippen LogP contribution < -0.4 is 10.6 Å². The molecule has 0 aliphatic carbocycles. The largest absolute Gasteiger partial charge is 0.450 e. The number of halogens is 1. The zero-order valence-corrected chi connectivity index (χ0v) is 13.9. The molecule has 24 heavy (non-hydrogen) atoms. The summed E-state index contributed by atoms with van der Waals surface area (Å²) in [5.74, 6) is -0.665. The van der Waals surface area contributed by atoms with Gasteiger partial charge in [0.25, 0.3) is 0 Å². The van der Waals surface area contributed by atoms with E-state index in [-0.39, 0.29) is 30.2 Å². The van der Waals surface area contributed by atoms with Crippen molar-refractivity contribution in [3.8, 4) is 0 Å². The van der Waals surface area contributed by atoms with Gasteiger partial charge in [-0.2, -0.15) is 0 Å². The Morgan fingerprint density at radius 1 is 1.29 bits per heavy atom. The zero-order valence-electron chi connectivity index (χ0n) is 13.9. The normalized spacial score (nSPS) is 15.2. The first-order valence-electron chi connectivity index (χ1n) is 8.29. The quantitative estimate of drug-likeness (QED) is 0.836. The third-order valence-electron chi connectivity index (χ3n) is 3.95. The number of amides is 2. The molecule has 0 saturated carbocycles. The number of carbonyl (C=O) groups is 2. The van der Waals surface area contributed by atoms with Crippen molar-refractivity contribution in [1.82, 2.24) is 10.2 Å². The van der Waals surface area contributed by atoms with E-state index in [1.165, 1.54) is 12.1 Å². The fourth-order valence-corrected chi connectivity index (χ4v) is 2.65. The maximum Gasteiger partial charge on any atom is 0.409 e. The van der Waals surface area contributed by atoms with Crippen LogP contribution in [0, 0.1) is 5.82 Å². The van der Waals surface area contributed by atoms with Gasteiger partial charge >= 0.3 is 6.09 Å². The summed E-state index contributed by atoms with van der Waals surface area (Å²) < 4.78 is 18.4. The number of para-hydroxylation sites is 1. The van der Waals surface area contributed by atoms with E-state index in [4.69, 9.17) is 4.74 Å². The summed E-state index contributed by atoms with van der Waals surface area (Å²) in [7, 11) is 0. The average Bonchev–Trinajstić information content (AvgIpc) is 2.58. The number of carbonyl (C=O) groups excluding carboxylic acids is 2. The van der Waals surface area contributed by atoms with Crippen molar-refractivity contribution in [3.05, 3.63) is 30.1 Å². The second-order valence-electron chi connectivity index (χ2n) is 5.69. The molecule has 0 bridgehead atoms. The fraction of sp³-hybridized carbons (Fsp3) is 0.529. The van der Waals surface area contributed by atoms with Crippen molar-refractivity contribution in [2.24, 2.45) is 0 Å². The van der Waals surface area contributed by atoms with Gasteiger partial charge in [0.1, 0.15) is 5.82 Å². The van der Waals surface area contributed by atoms with Gasteiger partial charge in [0, 0.05) is 32.1 Å². The van der Waals surface area contributed by atoms with Crippen molar-refractivity contribution in [3.63, 3.8) is 0 Å². The topological polar surface area (TPSA) is 70.7 Å². The van der Waals surface area contributed by atoms with Gasteiger partial charge in [-0.05, 0) is 31.9 Å². The van der Waals surface area contributed by atoms with Gasteiger partial charge in [-0.3, -0.25) is 4.79 Å². The number of nitrogens with zero attached hydrogens (tertiary/aromatic N) is 1. The first kappa shape index (κ1) is 18.2. The van der Waals surface area contributed by atoms with Crippen LogP contribution in [0.1, 0.15) is 26.2 Å². The van der Waals surface area contributed by atoms with Crippen LogP contribution in [0.25, 0.3) is 0 Å². The molecule has 132 valence electrons.